The molecular weight excluding hydrogens is 362 g/mol. The maximum atomic E-state index is 12.2. The summed E-state index contributed by atoms with van der Waals surface area (Å²) in [5.74, 6) is 2.67. The van der Waals surface area contributed by atoms with E-state index in [0.29, 0.717) is 18.4 Å². The number of urea groups is 1. The van der Waals surface area contributed by atoms with E-state index in [9.17, 15) is 13.2 Å². The molecule has 0 saturated heterocycles. The second-order valence-corrected chi connectivity index (χ2v) is 10.5. The van der Waals surface area contributed by atoms with Gasteiger partial charge in [-0.2, -0.15) is 0 Å². The maximum absolute atomic E-state index is 12.2. The molecule has 2 amide bonds. The highest BCUT2D eigenvalue weighted by atomic mass is 32.2. The number of benzene rings is 1. The van der Waals surface area contributed by atoms with Crippen molar-refractivity contribution < 1.29 is 13.2 Å². The number of sulfonamides is 1. The van der Waals surface area contributed by atoms with Crippen molar-refractivity contribution in [3.63, 3.8) is 0 Å². The largest absolute Gasteiger partial charge is 0.338 e. The minimum Gasteiger partial charge on any atom is -0.338 e. The summed E-state index contributed by atoms with van der Waals surface area (Å²) in [6.45, 7) is 1.31. The molecule has 0 radical (unpaired) electrons. The summed E-state index contributed by atoms with van der Waals surface area (Å²) in [4.78, 5) is 12.3. The van der Waals surface area contributed by atoms with Crippen molar-refractivity contribution >= 4 is 16.1 Å². The molecule has 4 aliphatic carbocycles. The average molecular weight is 392 g/mol. The van der Waals surface area contributed by atoms with Crippen molar-refractivity contribution in [2.45, 2.75) is 49.8 Å². The standard InChI is InChI=1S/C20H29N3O3S/c21-27(25,26)18-3-1-14(2-4-18)5-6-22-19(24)23-13-20-10-15-7-16(11-20)9-17(8-15)12-20/h1-4,15-17H,5-13H2,(H2,21,25,26)(H2,22,23,24). The SMILES string of the molecule is NS(=O)(=O)c1ccc(CCNC(=O)NCC23CC4CC(CC(C4)C2)C3)cc1. The molecule has 7 heteroatoms. The van der Waals surface area contributed by atoms with Gasteiger partial charge in [-0.25, -0.2) is 18.4 Å². The van der Waals surface area contributed by atoms with Crippen molar-refractivity contribution in [1.82, 2.24) is 10.6 Å². The summed E-state index contributed by atoms with van der Waals surface area (Å²) in [5.41, 5.74) is 1.30. The van der Waals surface area contributed by atoms with Gasteiger partial charge in [-0.05, 0) is 85.8 Å². The molecule has 5 rings (SSSR count). The fraction of sp³-hybridized carbons (Fsp3) is 0.650. The normalized spacial score (nSPS) is 31.7. The zero-order chi connectivity index (χ0) is 19.1. The van der Waals surface area contributed by atoms with E-state index in [1.54, 1.807) is 12.1 Å². The van der Waals surface area contributed by atoms with Crippen LogP contribution in [0.4, 0.5) is 4.79 Å². The molecule has 0 spiro atoms. The third-order valence-electron chi connectivity index (χ3n) is 6.74. The first-order chi connectivity index (χ1) is 12.8. The number of carbonyl (C=O) groups is 1. The first kappa shape index (κ1) is 18.7. The molecule has 27 heavy (non-hydrogen) atoms. The van der Waals surface area contributed by atoms with Gasteiger partial charge in [0.05, 0.1) is 4.90 Å². The van der Waals surface area contributed by atoms with Crippen LogP contribution in [-0.2, 0) is 16.4 Å². The summed E-state index contributed by atoms with van der Waals surface area (Å²) in [7, 11) is -3.66. The van der Waals surface area contributed by atoms with Crippen LogP contribution in [0, 0.1) is 23.2 Å². The van der Waals surface area contributed by atoms with Crippen LogP contribution in [0.25, 0.3) is 0 Å². The Kier molecular flexibility index (Phi) is 4.93. The van der Waals surface area contributed by atoms with Crippen LogP contribution in [0.15, 0.2) is 29.2 Å². The van der Waals surface area contributed by atoms with E-state index in [0.717, 1.165) is 29.9 Å². The molecule has 0 aliphatic heterocycles. The van der Waals surface area contributed by atoms with E-state index < -0.39 is 10.0 Å². The number of hydrogen-bond acceptors (Lipinski definition) is 3. The Balaban J connectivity index is 1.21. The first-order valence-corrected chi connectivity index (χ1v) is 11.5. The Morgan fingerprint density at radius 1 is 1.00 bits per heavy atom. The van der Waals surface area contributed by atoms with Gasteiger partial charge in [-0.1, -0.05) is 12.1 Å². The minimum atomic E-state index is -3.66. The number of nitrogens with two attached hydrogens (primary N) is 1. The van der Waals surface area contributed by atoms with E-state index in [1.807, 2.05) is 0 Å². The van der Waals surface area contributed by atoms with Gasteiger partial charge in [-0.15, -0.1) is 0 Å². The van der Waals surface area contributed by atoms with Crippen molar-refractivity contribution in [1.29, 1.82) is 0 Å². The number of nitrogens with one attached hydrogen (secondary N) is 2. The lowest BCUT2D eigenvalue weighted by Gasteiger charge is -2.56. The molecule has 0 unspecified atom stereocenters. The number of hydrogen-bond donors (Lipinski definition) is 3. The Labute approximate surface area is 161 Å². The van der Waals surface area contributed by atoms with Crippen LogP contribution in [0.1, 0.15) is 44.1 Å². The molecule has 4 aliphatic rings. The monoisotopic (exact) mass is 391 g/mol. The zero-order valence-electron chi connectivity index (χ0n) is 15.6. The molecule has 0 aromatic heterocycles. The third-order valence-corrected chi connectivity index (χ3v) is 7.67. The van der Waals surface area contributed by atoms with E-state index in [1.165, 1.54) is 50.7 Å². The molecule has 148 valence electrons. The molecule has 4 N–H and O–H groups in total. The summed E-state index contributed by atoms with van der Waals surface area (Å²) in [6.07, 6.45) is 8.75. The number of rotatable bonds is 6. The van der Waals surface area contributed by atoms with Gasteiger partial charge in [0.25, 0.3) is 0 Å². The lowest BCUT2D eigenvalue weighted by Crippen LogP contribution is -2.52. The smallest absolute Gasteiger partial charge is 0.314 e. The van der Waals surface area contributed by atoms with Crippen LogP contribution in [0.3, 0.4) is 0 Å². The summed E-state index contributed by atoms with van der Waals surface area (Å²) in [6, 6.07) is 6.35. The van der Waals surface area contributed by atoms with Crippen LogP contribution in [0.5, 0.6) is 0 Å². The quantitative estimate of drug-likeness (QED) is 0.694. The van der Waals surface area contributed by atoms with Crippen molar-refractivity contribution in [2.24, 2.45) is 28.3 Å². The Morgan fingerprint density at radius 3 is 2.07 bits per heavy atom. The highest BCUT2D eigenvalue weighted by Gasteiger charge is 2.50. The second-order valence-electron chi connectivity index (χ2n) is 8.97. The molecule has 4 saturated carbocycles. The molecule has 6 nitrogen and oxygen atoms in total. The average Bonchev–Trinajstić information content (AvgIpc) is 2.59. The van der Waals surface area contributed by atoms with Gasteiger partial charge < -0.3 is 10.6 Å². The highest BCUT2D eigenvalue weighted by molar-refractivity contribution is 7.89. The Morgan fingerprint density at radius 2 is 1.56 bits per heavy atom. The summed E-state index contributed by atoms with van der Waals surface area (Å²) < 4.78 is 22.5. The van der Waals surface area contributed by atoms with E-state index >= 15 is 0 Å². The lowest BCUT2D eigenvalue weighted by atomic mass is 9.49. The Bertz CT molecular complexity index is 769. The molecule has 1 aromatic carbocycles. The third kappa shape index (κ3) is 4.29. The van der Waals surface area contributed by atoms with Gasteiger partial charge >= 0.3 is 6.03 Å². The van der Waals surface area contributed by atoms with Gasteiger partial charge in [0.1, 0.15) is 0 Å². The predicted molar refractivity (Wildman–Crippen MR) is 104 cm³/mol. The predicted octanol–water partition coefficient (Wildman–Crippen LogP) is 2.39. The van der Waals surface area contributed by atoms with Crippen molar-refractivity contribution in [3.05, 3.63) is 29.8 Å². The van der Waals surface area contributed by atoms with Crippen LogP contribution >= 0.6 is 0 Å². The second kappa shape index (κ2) is 7.09. The number of carbonyl (C=O) groups excluding carboxylic acids is 1. The summed E-state index contributed by atoms with van der Waals surface area (Å²) in [5, 5.41) is 11.1. The fourth-order valence-electron chi connectivity index (χ4n) is 6.00. The number of primary sulfonamides is 1. The van der Waals surface area contributed by atoms with Crippen LogP contribution in [-0.4, -0.2) is 27.5 Å². The topological polar surface area (TPSA) is 101 Å². The molecule has 1 aromatic rings. The molecule has 4 bridgehead atoms. The van der Waals surface area contributed by atoms with E-state index in [4.69, 9.17) is 5.14 Å². The van der Waals surface area contributed by atoms with Gasteiger partial charge in [0, 0.05) is 13.1 Å². The Hall–Kier alpha value is -1.60. The van der Waals surface area contributed by atoms with Crippen molar-refractivity contribution in [2.75, 3.05) is 13.1 Å². The maximum Gasteiger partial charge on any atom is 0.314 e. The van der Waals surface area contributed by atoms with Gasteiger partial charge in [-0.3, -0.25) is 0 Å². The van der Waals surface area contributed by atoms with Gasteiger partial charge in [0.15, 0.2) is 0 Å². The van der Waals surface area contributed by atoms with Crippen LogP contribution < -0.4 is 15.8 Å². The lowest BCUT2D eigenvalue weighted by molar-refractivity contribution is -0.0498. The minimum absolute atomic E-state index is 0.104. The molecule has 0 heterocycles. The van der Waals surface area contributed by atoms with Gasteiger partial charge in [0.2, 0.25) is 10.0 Å². The highest BCUT2D eigenvalue weighted by Crippen LogP contribution is 2.59. The number of amides is 2. The molecule has 4 fully saturated rings. The van der Waals surface area contributed by atoms with Crippen molar-refractivity contribution in [3.8, 4) is 0 Å². The first-order valence-electron chi connectivity index (χ1n) is 9.95. The summed E-state index contributed by atoms with van der Waals surface area (Å²) >= 11 is 0. The zero-order valence-corrected chi connectivity index (χ0v) is 16.4. The molecule has 0 atom stereocenters. The van der Waals surface area contributed by atoms with E-state index in [-0.39, 0.29) is 10.9 Å². The molecular formula is C20H29N3O3S. The van der Waals surface area contributed by atoms with E-state index in [2.05, 4.69) is 10.6 Å². The fourth-order valence-corrected chi connectivity index (χ4v) is 6.52. The van der Waals surface area contributed by atoms with Crippen LogP contribution in [0.2, 0.25) is 0 Å².